The molecule has 5 heteroatoms. The third kappa shape index (κ3) is 2.69. The Bertz CT molecular complexity index is 659. The normalized spacial score (nSPS) is 11.1. The summed E-state index contributed by atoms with van der Waals surface area (Å²) in [5.74, 6) is -0.996. The summed E-state index contributed by atoms with van der Waals surface area (Å²) in [6.07, 6.45) is 4.30. The topological polar surface area (TPSA) is 55.1 Å². The van der Waals surface area contributed by atoms with Crippen molar-refractivity contribution in [2.24, 2.45) is 0 Å². The van der Waals surface area contributed by atoms with E-state index in [0.717, 1.165) is 28.7 Å². The zero-order valence-electron chi connectivity index (χ0n) is 10.6. The first-order valence-corrected chi connectivity index (χ1v) is 6.09. The molecule has 0 spiro atoms. The number of nitrogens with zero attached hydrogens (tertiary/aromatic N) is 2. The van der Waals surface area contributed by atoms with Crippen LogP contribution in [0.5, 0.6) is 0 Å². The van der Waals surface area contributed by atoms with Gasteiger partial charge in [0.15, 0.2) is 0 Å². The van der Waals surface area contributed by atoms with Crippen LogP contribution in [0.4, 0.5) is 0 Å². The van der Waals surface area contributed by atoms with Crippen LogP contribution in [0.1, 0.15) is 17.0 Å². The van der Waals surface area contributed by atoms with E-state index in [1.54, 1.807) is 18.5 Å². The fraction of sp³-hybridized carbons (Fsp3) is 0.143. The van der Waals surface area contributed by atoms with Crippen LogP contribution in [0.25, 0.3) is 11.8 Å². The summed E-state index contributed by atoms with van der Waals surface area (Å²) in [6.45, 7) is 3.85. The molecule has 4 nitrogen and oxygen atoms in total. The summed E-state index contributed by atoms with van der Waals surface area (Å²) < 4.78 is 1.86. The van der Waals surface area contributed by atoms with Gasteiger partial charge in [-0.05, 0) is 26.0 Å². The van der Waals surface area contributed by atoms with E-state index < -0.39 is 5.97 Å². The lowest BCUT2D eigenvalue weighted by molar-refractivity contribution is -0.131. The number of para-hydroxylation sites is 1. The molecule has 0 atom stereocenters. The number of rotatable bonds is 3. The highest BCUT2D eigenvalue weighted by Gasteiger charge is 2.11. The van der Waals surface area contributed by atoms with E-state index in [2.05, 4.69) is 4.98 Å². The van der Waals surface area contributed by atoms with Crippen LogP contribution in [0, 0.1) is 13.8 Å². The number of aryl methyl sites for hydroxylation is 1. The minimum atomic E-state index is -0.996. The predicted molar refractivity (Wildman–Crippen MR) is 74.7 cm³/mol. The zero-order chi connectivity index (χ0) is 14.0. The summed E-state index contributed by atoms with van der Waals surface area (Å²) in [5, 5.41) is 9.27. The van der Waals surface area contributed by atoms with Gasteiger partial charge in [-0.25, -0.2) is 9.78 Å². The lowest BCUT2D eigenvalue weighted by atomic mass is 10.1. The van der Waals surface area contributed by atoms with Crippen molar-refractivity contribution < 1.29 is 9.90 Å². The van der Waals surface area contributed by atoms with Crippen LogP contribution in [0.3, 0.4) is 0 Å². The second-order valence-electron chi connectivity index (χ2n) is 4.13. The molecule has 0 aliphatic rings. The smallest absolute Gasteiger partial charge is 0.328 e. The lowest BCUT2D eigenvalue weighted by Crippen LogP contribution is -1.99. The first kappa shape index (κ1) is 13.4. The fourth-order valence-corrected chi connectivity index (χ4v) is 2.08. The Hall–Kier alpha value is -2.07. The van der Waals surface area contributed by atoms with Crippen LogP contribution in [-0.4, -0.2) is 20.6 Å². The molecule has 1 aromatic heterocycles. The number of imidazole rings is 1. The van der Waals surface area contributed by atoms with E-state index >= 15 is 0 Å². The second kappa shape index (κ2) is 5.28. The molecule has 1 heterocycles. The van der Waals surface area contributed by atoms with E-state index in [1.807, 2.05) is 24.5 Å². The average Bonchev–Trinajstić information content (AvgIpc) is 2.68. The van der Waals surface area contributed by atoms with E-state index in [4.69, 9.17) is 16.7 Å². The van der Waals surface area contributed by atoms with Crippen LogP contribution < -0.4 is 0 Å². The lowest BCUT2D eigenvalue weighted by Gasteiger charge is -2.11. The average molecular weight is 277 g/mol. The van der Waals surface area contributed by atoms with Gasteiger partial charge in [0.1, 0.15) is 0 Å². The van der Waals surface area contributed by atoms with Gasteiger partial charge in [-0.15, -0.1) is 0 Å². The maximum atomic E-state index is 10.6. The highest BCUT2D eigenvalue weighted by Crippen LogP contribution is 2.27. The Labute approximate surface area is 116 Å². The highest BCUT2D eigenvalue weighted by molar-refractivity contribution is 6.32. The molecule has 0 saturated carbocycles. The van der Waals surface area contributed by atoms with Crippen molar-refractivity contribution >= 4 is 23.6 Å². The van der Waals surface area contributed by atoms with E-state index in [0.29, 0.717) is 5.02 Å². The number of halogens is 1. The van der Waals surface area contributed by atoms with Gasteiger partial charge in [0, 0.05) is 17.3 Å². The molecular formula is C14H13ClN2O2. The van der Waals surface area contributed by atoms with Crippen molar-refractivity contribution in [3.05, 3.63) is 52.6 Å². The molecule has 0 aliphatic heterocycles. The molecule has 0 unspecified atom stereocenters. The summed E-state index contributed by atoms with van der Waals surface area (Å²) in [7, 11) is 0. The molecule has 1 N–H and O–H groups in total. The van der Waals surface area contributed by atoms with E-state index in [-0.39, 0.29) is 0 Å². The van der Waals surface area contributed by atoms with Crippen LogP contribution in [0.15, 0.2) is 30.6 Å². The number of benzene rings is 1. The molecule has 0 radical (unpaired) electrons. The van der Waals surface area contributed by atoms with Gasteiger partial charge in [-0.3, -0.25) is 0 Å². The maximum absolute atomic E-state index is 10.6. The largest absolute Gasteiger partial charge is 0.478 e. The monoisotopic (exact) mass is 276 g/mol. The second-order valence-corrected chi connectivity index (χ2v) is 4.54. The van der Waals surface area contributed by atoms with Crippen molar-refractivity contribution in [1.29, 1.82) is 0 Å². The molecule has 2 aromatic rings. The fourth-order valence-electron chi connectivity index (χ4n) is 1.81. The number of carboxylic acids is 1. The van der Waals surface area contributed by atoms with Crippen molar-refractivity contribution in [1.82, 2.24) is 9.55 Å². The minimum Gasteiger partial charge on any atom is -0.478 e. The minimum absolute atomic E-state index is 0.549. The van der Waals surface area contributed by atoms with Gasteiger partial charge < -0.3 is 9.67 Å². The van der Waals surface area contributed by atoms with Crippen LogP contribution in [0.2, 0.25) is 5.02 Å². The highest BCUT2D eigenvalue weighted by atomic mass is 35.5. The van der Waals surface area contributed by atoms with E-state index in [9.17, 15) is 4.79 Å². The zero-order valence-corrected chi connectivity index (χ0v) is 11.3. The molecule has 0 saturated heterocycles. The quantitative estimate of drug-likeness (QED) is 0.876. The van der Waals surface area contributed by atoms with Gasteiger partial charge in [-0.2, -0.15) is 0 Å². The number of aromatic nitrogens is 2. The summed E-state index contributed by atoms with van der Waals surface area (Å²) >= 11 is 6.23. The van der Waals surface area contributed by atoms with Gasteiger partial charge in [0.25, 0.3) is 0 Å². The number of carbonyl (C=O) groups is 1. The van der Waals surface area contributed by atoms with E-state index in [1.165, 1.54) is 6.08 Å². The Balaban J connectivity index is 2.62. The molecule has 98 valence electrons. The molecule has 0 bridgehead atoms. The number of aliphatic carboxylic acids is 1. The number of hydrogen-bond donors (Lipinski definition) is 1. The number of hydrogen-bond acceptors (Lipinski definition) is 2. The molecule has 0 fully saturated rings. The van der Waals surface area contributed by atoms with Gasteiger partial charge in [0.05, 0.1) is 22.7 Å². The number of carboxylic acid groups (broad SMARTS) is 1. The van der Waals surface area contributed by atoms with Crippen molar-refractivity contribution in [2.75, 3.05) is 0 Å². The molecule has 0 aliphatic carbocycles. The molecule has 19 heavy (non-hydrogen) atoms. The van der Waals surface area contributed by atoms with Crippen LogP contribution in [-0.2, 0) is 4.79 Å². The third-order valence-electron chi connectivity index (χ3n) is 2.92. The van der Waals surface area contributed by atoms with Gasteiger partial charge in [0.2, 0.25) is 0 Å². The first-order chi connectivity index (χ1) is 9.00. The first-order valence-electron chi connectivity index (χ1n) is 5.71. The summed E-state index contributed by atoms with van der Waals surface area (Å²) in [6, 6.07) is 5.37. The Morgan fingerprint density at radius 1 is 1.42 bits per heavy atom. The maximum Gasteiger partial charge on any atom is 0.328 e. The molecular weight excluding hydrogens is 264 g/mol. The van der Waals surface area contributed by atoms with Crippen LogP contribution >= 0.6 is 11.6 Å². The van der Waals surface area contributed by atoms with Crippen molar-refractivity contribution in [3.63, 3.8) is 0 Å². The Morgan fingerprint density at radius 3 is 2.74 bits per heavy atom. The summed E-state index contributed by atoms with van der Waals surface area (Å²) in [5.41, 5.74) is 3.35. The molecule has 0 amide bonds. The molecule has 2 rings (SSSR count). The van der Waals surface area contributed by atoms with Crippen molar-refractivity contribution in [2.45, 2.75) is 13.8 Å². The SMILES string of the molecule is Cc1ncn(-c2c(Cl)cccc2/C=C/C(=O)O)c1C. The molecule has 1 aromatic carbocycles. The predicted octanol–water partition coefficient (Wildman–Crippen LogP) is 3.24. The van der Waals surface area contributed by atoms with Gasteiger partial charge in [-0.1, -0.05) is 23.7 Å². The van der Waals surface area contributed by atoms with Gasteiger partial charge >= 0.3 is 5.97 Å². The summed E-state index contributed by atoms with van der Waals surface area (Å²) in [4.78, 5) is 14.9. The Kier molecular flexibility index (Phi) is 3.71. The standard InChI is InChI=1S/C14H13ClN2O2/c1-9-10(2)17(8-16-9)14-11(6-7-13(18)19)4-3-5-12(14)15/h3-8H,1-2H3,(H,18,19)/b7-6+. The van der Waals surface area contributed by atoms with Crippen molar-refractivity contribution in [3.8, 4) is 5.69 Å². The third-order valence-corrected chi connectivity index (χ3v) is 3.22. The Morgan fingerprint density at radius 2 is 2.16 bits per heavy atom.